The molecular formula is C21H22ClNO. The van der Waals surface area contributed by atoms with Crippen molar-refractivity contribution in [1.82, 2.24) is 4.90 Å². The summed E-state index contributed by atoms with van der Waals surface area (Å²) in [6.45, 7) is 1.99. The van der Waals surface area contributed by atoms with Gasteiger partial charge in [-0.2, -0.15) is 0 Å². The van der Waals surface area contributed by atoms with E-state index in [9.17, 15) is 4.79 Å². The van der Waals surface area contributed by atoms with Crippen LogP contribution in [0.5, 0.6) is 0 Å². The van der Waals surface area contributed by atoms with Crippen molar-refractivity contribution < 1.29 is 4.79 Å². The van der Waals surface area contributed by atoms with E-state index in [1.807, 2.05) is 18.2 Å². The topological polar surface area (TPSA) is 20.3 Å². The molecule has 1 unspecified atom stereocenters. The number of halogens is 1. The Bertz CT molecular complexity index is 732. The van der Waals surface area contributed by atoms with Gasteiger partial charge in [0.1, 0.15) is 0 Å². The number of Topliss-reactive ketones (excluding diaryl/α,β-unsaturated/α-hetero) is 1. The van der Waals surface area contributed by atoms with E-state index in [1.165, 1.54) is 11.1 Å². The molecule has 0 saturated carbocycles. The molecule has 0 aromatic heterocycles. The number of carbonyl (C=O) groups excluding carboxylic acids is 1. The first-order valence-corrected chi connectivity index (χ1v) is 9.19. The van der Waals surface area contributed by atoms with E-state index < -0.39 is 0 Å². The Hall–Kier alpha value is -1.64. The molecule has 0 amide bonds. The molecule has 2 aromatic carbocycles. The van der Waals surface area contributed by atoms with Gasteiger partial charge in [-0.05, 0) is 55.5 Å². The first kappa shape index (κ1) is 15.9. The third-order valence-corrected chi connectivity index (χ3v) is 5.71. The van der Waals surface area contributed by atoms with Gasteiger partial charge >= 0.3 is 0 Å². The summed E-state index contributed by atoms with van der Waals surface area (Å²) in [5.41, 5.74) is 3.71. The van der Waals surface area contributed by atoms with Crippen LogP contribution < -0.4 is 0 Å². The predicted octanol–water partition coefficient (Wildman–Crippen LogP) is 4.40. The fourth-order valence-corrected chi connectivity index (χ4v) is 4.41. The molecule has 2 nitrogen and oxygen atoms in total. The van der Waals surface area contributed by atoms with Crippen molar-refractivity contribution in [3.8, 4) is 0 Å². The maximum atomic E-state index is 12.8. The van der Waals surface area contributed by atoms with Crippen molar-refractivity contribution in [1.29, 1.82) is 0 Å². The molecule has 1 aliphatic heterocycles. The molecule has 1 heterocycles. The van der Waals surface area contributed by atoms with Crippen LogP contribution in [-0.2, 0) is 12.8 Å². The van der Waals surface area contributed by atoms with Gasteiger partial charge in [0.05, 0.1) is 0 Å². The minimum Gasteiger partial charge on any atom is -0.299 e. The smallest absolute Gasteiger partial charge is 0.167 e. The summed E-state index contributed by atoms with van der Waals surface area (Å²) in [4.78, 5) is 15.4. The number of benzene rings is 2. The van der Waals surface area contributed by atoms with Gasteiger partial charge in [-0.3, -0.25) is 9.69 Å². The van der Waals surface area contributed by atoms with E-state index in [4.69, 9.17) is 11.6 Å². The molecule has 2 aromatic rings. The summed E-state index contributed by atoms with van der Waals surface area (Å²) < 4.78 is 0. The van der Waals surface area contributed by atoms with Crippen molar-refractivity contribution >= 4 is 17.4 Å². The fourth-order valence-electron chi connectivity index (χ4n) is 4.22. The second-order valence-corrected chi connectivity index (χ2v) is 7.48. The lowest BCUT2D eigenvalue weighted by Gasteiger charge is -2.36. The first-order valence-electron chi connectivity index (χ1n) is 8.81. The van der Waals surface area contributed by atoms with Crippen molar-refractivity contribution in [3.63, 3.8) is 0 Å². The molecule has 0 spiro atoms. The van der Waals surface area contributed by atoms with Gasteiger partial charge < -0.3 is 0 Å². The van der Waals surface area contributed by atoms with E-state index >= 15 is 0 Å². The molecule has 124 valence electrons. The molecule has 2 aliphatic rings. The van der Waals surface area contributed by atoms with Crippen molar-refractivity contribution in [2.24, 2.45) is 5.92 Å². The molecule has 1 aliphatic carbocycles. The van der Waals surface area contributed by atoms with Gasteiger partial charge in [-0.25, -0.2) is 0 Å². The number of rotatable bonds is 3. The van der Waals surface area contributed by atoms with Crippen molar-refractivity contribution in [2.75, 3.05) is 13.1 Å². The fraction of sp³-hybridized carbons (Fsp3) is 0.381. The number of fused-ring (bicyclic) bond motifs is 1. The highest BCUT2D eigenvalue weighted by molar-refractivity contribution is 6.31. The summed E-state index contributed by atoms with van der Waals surface area (Å²) in [5, 5.41) is 0.639. The normalized spacial score (nSPS) is 21.6. The van der Waals surface area contributed by atoms with Crippen LogP contribution in [0, 0.1) is 5.92 Å². The Morgan fingerprint density at radius 1 is 1.04 bits per heavy atom. The van der Waals surface area contributed by atoms with Crippen molar-refractivity contribution in [3.05, 3.63) is 70.2 Å². The molecule has 1 atom stereocenters. The average molecular weight is 340 g/mol. The largest absolute Gasteiger partial charge is 0.299 e. The van der Waals surface area contributed by atoms with Gasteiger partial charge in [0.2, 0.25) is 0 Å². The zero-order chi connectivity index (χ0) is 16.5. The number of piperidine rings is 1. The Kier molecular flexibility index (Phi) is 4.43. The lowest BCUT2D eigenvalue weighted by molar-refractivity contribution is 0.0760. The third-order valence-electron chi connectivity index (χ3n) is 5.48. The van der Waals surface area contributed by atoms with Crippen LogP contribution in [0.15, 0.2) is 48.5 Å². The molecule has 0 bridgehead atoms. The number of hydrogen-bond donors (Lipinski definition) is 0. The van der Waals surface area contributed by atoms with Crippen molar-refractivity contribution in [2.45, 2.75) is 31.7 Å². The molecule has 3 heteroatoms. The number of nitrogens with zero attached hydrogens (tertiary/aromatic N) is 1. The minimum atomic E-state index is 0.0981. The Labute approximate surface area is 148 Å². The number of ketones is 1. The van der Waals surface area contributed by atoms with Crippen LogP contribution in [-0.4, -0.2) is 29.8 Å². The van der Waals surface area contributed by atoms with Crippen LogP contribution in [0.4, 0.5) is 0 Å². The number of hydrogen-bond acceptors (Lipinski definition) is 2. The molecule has 0 radical (unpaired) electrons. The Morgan fingerprint density at radius 2 is 1.79 bits per heavy atom. The average Bonchev–Trinajstić information content (AvgIpc) is 3.05. The highest BCUT2D eigenvalue weighted by atomic mass is 35.5. The van der Waals surface area contributed by atoms with Crippen LogP contribution in [0.25, 0.3) is 0 Å². The van der Waals surface area contributed by atoms with E-state index in [2.05, 4.69) is 29.2 Å². The quantitative estimate of drug-likeness (QED) is 0.772. The van der Waals surface area contributed by atoms with Crippen LogP contribution in [0.3, 0.4) is 0 Å². The summed E-state index contributed by atoms with van der Waals surface area (Å²) in [7, 11) is 0. The van der Waals surface area contributed by atoms with Gasteiger partial charge in [0.15, 0.2) is 5.78 Å². The molecule has 1 saturated heterocycles. The SMILES string of the molecule is O=C(c1cccc(Cl)c1)C1CCCN(C2Cc3ccccc3C2)C1. The van der Waals surface area contributed by atoms with Gasteiger partial charge in [0, 0.05) is 29.1 Å². The monoisotopic (exact) mass is 339 g/mol. The first-order chi connectivity index (χ1) is 11.7. The van der Waals surface area contributed by atoms with E-state index in [1.54, 1.807) is 6.07 Å². The van der Waals surface area contributed by atoms with Gasteiger partial charge in [-0.15, -0.1) is 0 Å². The summed E-state index contributed by atoms with van der Waals surface area (Å²) in [6.07, 6.45) is 4.33. The van der Waals surface area contributed by atoms with Crippen LogP contribution in [0.1, 0.15) is 34.3 Å². The molecule has 4 rings (SSSR count). The zero-order valence-corrected chi connectivity index (χ0v) is 14.5. The predicted molar refractivity (Wildman–Crippen MR) is 97.7 cm³/mol. The summed E-state index contributed by atoms with van der Waals surface area (Å²) >= 11 is 6.05. The second kappa shape index (κ2) is 6.70. The minimum absolute atomic E-state index is 0.0981. The molecular weight excluding hydrogens is 318 g/mol. The van der Waals surface area contributed by atoms with Crippen LogP contribution in [0.2, 0.25) is 5.02 Å². The van der Waals surface area contributed by atoms with E-state index in [0.717, 1.165) is 44.3 Å². The number of carbonyl (C=O) groups is 1. The van der Waals surface area contributed by atoms with Gasteiger partial charge in [0.25, 0.3) is 0 Å². The third kappa shape index (κ3) is 3.13. The lowest BCUT2D eigenvalue weighted by atomic mass is 9.89. The molecule has 24 heavy (non-hydrogen) atoms. The van der Waals surface area contributed by atoms with Crippen LogP contribution >= 0.6 is 11.6 Å². The maximum absolute atomic E-state index is 12.8. The maximum Gasteiger partial charge on any atom is 0.167 e. The number of likely N-dealkylation sites (tertiary alicyclic amines) is 1. The standard InChI is InChI=1S/C21H22ClNO/c22-19-9-3-7-17(11-19)21(24)18-8-4-10-23(14-18)20-12-15-5-1-2-6-16(15)13-20/h1-3,5-7,9,11,18,20H,4,8,10,12-14H2. The highest BCUT2D eigenvalue weighted by Gasteiger charge is 2.33. The van der Waals surface area contributed by atoms with E-state index in [-0.39, 0.29) is 11.7 Å². The summed E-state index contributed by atoms with van der Waals surface area (Å²) in [6, 6.07) is 16.7. The zero-order valence-electron chi connectivity index (χ0n) is 13.7. The van der Waals surface area contributed by atoms with Gasteiger partial charge in [-0.1, -0.05) is 48.0 Å². The Balaban J connectivity index is 1.46. The summed E-state index contributed by atoms with van der Waals surface area (Å²) in [5.74, 6) is 0.346. The molecule has 0 N–H and O–H groups in total. The lowest BCUT2D eigenvalue weighted by Crippen LogP contribution is -2.45. The second-order valence-electron chi connectivity index (χ2n) is 7.04. The molecule has 1 fully saturated rings. The van der Waals surface area contributed by atoms with E-state index in [0.29, 0.717) is 11.1 Å². The highest BCUT2D eigenvalue weighted by Crippen LogP contribution is 2.30. The Morgan fingerprint density at radius 3 is 2.50 bits per heavy atom.